The Morgan fingerprint density at radius 2 is 2.19 bits per heavy atom. The van der Waals surface area contributed by atoms with Gasteiger partial charge in [0, 0.05) is 28.1 Å². The van der Waals surface area contributed by atoms with Crippen molar-refractivity contribution in [3.05, 3.63) is 34.4 Å². The molecule has 1 fully saturated rings. The van der Waals surface area contributed by atoms with Gasteiger partial charge in [0.2, 0.25) is 0 Å². The molecule has 0 amide bonds. The Bertz CT molecular complexity index is 523. The molecule has 0 unspecified atom stereocenters. The summed E-state index contributed by atoms with van der Waals surface area (Å²) in [7, 11) is 0. The van der Waals surface area contributed by atoms with Gasteiger partial charge in [0.05, 0.1) is 0 Å². The van der Waals surface area contributed by atoms with Gasteiger partial charge in [0.1, 0.15) is 0 Å². The van der Waals surface area contributed by atoms with E-state index < -0.39 is 0 Å². The number of rotatable bonds is 2. The molecule has 1 aromatic heterocycles. The summed E-state index contributed by atoms with van der Waals surface area (Å²) in [5.41, 5.74) is 2.76. The van der Waals surface area contributed by atoms with Gasteiger partial charge in [0.25, 0.3) is 0 Å². The molecule has 0 atom stereocenters. The number of hydrogen-bond acceptors (Lipinski definition) is 0. The molecular weight excluding hydrogens is 262 g/mol. The number of nitrogens with zero attached hydrogens (tertiary/aromatic N) is 1. The predicted octanol–water partition coefficient (Wildman–Crippen LogP) is 4.51. The van der Waals surface area contributed by atoms with Crippen molar-refractivity contribution in [3.8, 4) is 0 Å². The van der Waals surface area contributed by atoms with Crippen LogP contribution in [0.25, 0.3) is 10.9 Å². The van der Waals surface area contributed by atoms with Crippen LogP contribution in [0, 0.1) is 12.8 Å². The number of aryl methyl sites for hydroxylation is 1. The zero-order chi connectivity index (χ0) is 11.1. The lowest BCUT2D eigenvalue weighted by atomic mass is 9.85. The van der Waals surface area contributed by atoms with Gasteiger partial charge in [0.15, 0.2) is 0 Å². The van der Waals surface area contributed by atoms with Crippen LogP contribution in [0.3, 0.4) is 0 Å². The van der Waals surface area contributed by atoms with E-state index in [9.17, 15) is 0 Å². The summed E-state index contributed by atoms with van der Waals surface area (Å²) >= 11 is 3.56. The topological polar surface area (TPSA) is 4.93 Å². The standard InChI is InChI=1S/C14H16BrN/c1-10-8-16(9-11-3-2-4-11)14-7-12(15)5-6-13(10)14/h5-8,11H,2-4,9H2,1H3. The third-order valence-electron chi connectivity index (χ3n) is 3.72. The molecule has 0 bridgehead atoms. The second-order valence-electron chi connectivity index (χ2n) is 4.92. The van der Waals surface area contributed by atoms with Crippen molar-refractivity contribution in [2.75, 3.05) is 0 Å². The summed E-state index contributed by atoms with van der Waals surface area (Å²) < 4.78 is 3.60. The largest absolute Gasteiger partial charge is 0.347 e. The molecule has 0 saturated heterocycles. The third-order valence-corrected chi connectivity index (χ3v) is 4.22. The second-order valence-corrected chi connectivity index (χ2v) is 5.84. The molecular formula is C14H16BrN. The molecule has 1 heterocycles. The van der Waals surface area contributed by atoms with Crippen LogP contribution in [-0.2, 0) is 6.54 Å². The lowest BCUT2D eigenvalue weighted by Crippen LogP contribution is -2.17. The van der Waals surface area contributed by atoms with Crippen LogP contribution in [0.15, 0.2) is 28.9 Å². The summed E-state index contributed by atoms with van der Waals surface area (Å²) in [6.45, 7) is 3.40. The van der Waals surface area contributed by atoms with Gasteiger partial charge in [-0.3, -0.25) is 0 Å². The third kappa shape index (κ3) is 1.69. The van der Waals surface area contributed by atoms with Gasteiger partial charge in [-0.2, -0.15) is 0 Å². The summed E-state index contributed by atoms with van der Waals surface area (Å²) in [6, 6.07) is 6.58. The SMILES string of the molecule is Cc1cn(CC2CCC2)c2cc(Br)ccc12. The Kier molecular flexibility index (Phi) is 2.55. The van der Waals surface area contributed by atoms with Crippen molar-refractivity contribution in [2.24, 2.45) is 5.92 Å². The van der Waals surface area contributed by atoms with Gasteiger partial charge < -0.3 is 4.57 Å². The fourth-order valence-electron chi connectivity index (χ4n) is 2.55. The van der Waals surface area contributed by atoms with E-state index in [4.69, 9.17) is 0 Å². The molecule has 16 heavy (non-hydrogen) atoms. The molecule has 1 aliphatic rings. The maximum absolute atomic E-state index is 3.56. The molecule has 2 aromatic rings. The average molecular weight is 278 g/mol. The van der Waals surface area contributed by atoms with Gasteiger partial charge >= 0.3 is 0 Å². The molecule has 1 nitrogen and oxygen atoms in total. The van der Waals surface area contributed by atoms with Crippen LogP contribution in [0.4, 0.5) is 0 Å². The predicted molar refractivity (Wildman–Crippen MR) is 71.7 cm³/mol. The Morgan fingerprint density at radius 1 is 1.38 bits per heavy atom. The zero-order valence-electron chi connectivity index (χ0n) is 9.54. The minimum absolute atomic E-state index is 0.911. The Balaban J connectivity index is 2.05. The number of halogens is 1. The second kappa shape index (κ2) is 3.92. The first-order valence-electron chi connectivity index (χ1n) is 5.99. The van der Waals surface area contributed by atoms with Gasteiger partial charge in [-0.25, -0.2) is 0 Å². The molecule has 0 aliphatic heterocycles. The summed E-state index contributed by atoms with van der Waals surface area (Å²) in [5, 5.41) is 1.39. The number of hydrogen-bond donors (Lipinski definition) is 0. The molecule has 0 spiro atoms. The number of fused-ring (bicyclic) bond motifs is 1. The van der Waals surface area contributed by atoms with Crippen LogP contribution < -0.4 is 0 Å². The van der Waals surface area contributed by atoms with E-state index in [1.54, 1.807) is 0 Å². The molecule has 0 radical (unpaired) electrons. The van der Waals surface area contributed by atoms with E-state index >= 15 is 0 Å². The van der Waals surface area contributed by atoms with Gasteiger partial charge in [-0.15, -0.1) is 0 Å². The van der Waals surface area contributed by atoms with Crippen LogP contribution in [-0.4, -0.2) is 4.57 Å². The monoisotopic (exact) mass is 277 g/mol. The fourth-order valence-corrected chi connectivity index (χ4v) is 2.90. The lowest BCUT2D eigenvalue weighted by molar-refractivity contribution is 0.280. The van der Waals surface area contributed by atoms with Gasteiger partial charge in [-0.05, 0) is 43.4 Å². The molecule has 0 N–H and O–H groups in total. The van der Waals surface area contributed by atoms with Gasteiger partial charge in [-0.1, -0.05) is 28.4 Å². The molecule has 1 aliphatic carbocycles. The van der Waals surface area contributed by atoms with E-state index in [-0.39, 0.29) is 0 Å². The average Bonchev–Trinajstić information content (AvgIpc) is 2.49. The maximum Gasteiger partial charge on any atom is 0.0494 e. The maximum atomic E-state index is 3.56. The molecule has 3 rings (SSSR count). The summed E-state index contributed by atoms with van der Waals surface area (Å²) in [4.78, 5) is 0. The Morgan fingerprint density at radius 3 is 2.88 bits per heavy atom. The first-order valence-corrected chi connectivity index (χ1v) is 6.78. The number of benzene rings is 1. The van der Waals surface area contributed by atoms with Crippen molar-refractivity contribution in [1.82, 2.24) is 4.57 Å². The van der Waals surface area contributed by atoms with Crippen molar-refractivity contribution >= 4 is 26.8 Å². The highest BCUT2D eigenvalue weighted by Gasteiger charge is 2.18. The normalized spacial score (nSPS) is 16.6. The Hall–Kier alpha value is -0.760. The van der Waals surface area contributed by atoms with E-state index in [2.05, 4.69) is 51.8 Å². The Labute approximate surface area is 105 Å². The van der Waals surface area contributed by atoms with Crippen LogP contribution in [0.5, 0.6) is 0 Å². The van der Waals surface area contributed by atoms with Crippen molar-refractivity contribution in [1.29, 1.82) is 0 Å². The minimum Gasteiger partial charge on any atom is -0.347 e. The van der Waals surface area contributed by atoms with Crippen molar-refractivity contribution in [3.63, 3.8) is 0 Å². The van der Waals surface area contributed by atoms with E-state index in [0.717, 1.165) is 5.92 Å². The van der Waals surface area contributed by atoms with Crippen molar-refractivity contribution < 1.29 is 0 Å². The summed E-state index contributed by atoms with van der Waals surface area (Å²) in [6.07, 6.45) is 6.54. The van der Waals surface area contributed by atoms with E-state index in [0.29, 0.717) is 0 Å². The quantitative estimate of drug-likeness (QED) is 0.761. The van der Waals surface area contributed by atoms with Crippen LogP contribution in [0.1, 0.15) is 24.8 Å². The smallest absolute Gasteiger partial charge is 0.0494 e. The summed E-state index contributed by atoms with van der Waals surface area (Å²) in [5.74, 6) is 0.911. The minimum atomic E-state index is 0.911. The first kappa shape index (κ1) is 10.4. The van der Waals surface area contributed by atoms with Crippen molar-refractivity contribution in [2.45, 2.75) is 32.7 Å². The highest BCUT2D eigenvalue weighted by atomic mass is 79.9. The highest BCUT2D eigenvalue weighted by Crippen LogP contribution is 2.31. The fraction of sp³-hybridized carbons (Fsp3) is 0.429. The molecule has 1 aromatic carbocycles. The molecule has 1 saturated carbocycles. The van der Waals surface area contributed by atoms with E-state index in [1.165, 1.54) is 46.7 Å². The molecule has 2 heteroatoms. The van der Waals surface area contributed by atoms with Crippen LogP contribution >= 0.6 is 15.9 Å². The van der Waals surface area contributed by atoms with E-state index in [1.807, 2.05) is 0 Å². The van der Waals surface area contributed by atoms with Crippen LogP contribution in [0.2, 0.25) is 0 Å². The lowest BCUT2D eigenvalue weighted by Gasteiger charge is -2.26. The first-order chi connectivity index (χ1) is 7.74. The molecule has 84 valence electrons. The number of aromatic nitrogens is 1. The highest BCUT2D eigenvalue weighted by molar-refractivity contribution is 9.10. The zero-order valence-corrected chi connectivity index (χ0v) is 11.1.